The minimum Gasteiger partial charge on any atom is -0.357 e. The molecule has 1 aliphatic rings. The zero-order chi connectivity index (χ0) is 21.2. The molecule has 2 aromatic rings. The summed E-state index contributed by atoms with van der Waals surface area (Å²) in [6.07, 6.45) is 4.38. The van der Waals surface area contributed by atoms with Crippen LogP contribution in [0.15, 0.2) is 58.4 Å². The normalized spacial score (nSPS) is 14.2. The van der Waals surface area contributed by atoms with Gasteiger partial charge in [0.2, 0.25) is 5.91 Å². The van der Waals surface area contributed by atoms with Crippen molar-refractivity contribution in [2.75, 3.05) is 26.2 Å². The van der Waals surface area contributed by atoms with Gasteiger partial charge in [-0.2, -0.15) is 0 Å². The maximum absolute atomic E-state index is 11.8. The summed E-state index contributed by atoms with van der Waals surface area (Å²) in [5.74, 6) is 1.06. The second kappa shape index (κ2) is 11.2. The van der Waals surface area contributed by atoms with Crippen molar-refractivity contribution >= 4 is 11.9 Å². The number of carbonyl (C=O) groups excluding carboxylic acids is 1. The number of aliphatic imine (C=N–C) groups is 1. The predicted octanol–water partition coefficient (Wildman–Crippen LogP) is 1.96. The standard InChI is InChI=1S/C23H31N5O2/c1-2-24-23(25-13-6-16-27-15-5-8-21(27)29)26-17-19-9-11-20(12-10-19)18-28-14-4-3-7-22(28)30/h3-4,7,9-12,14H,2,5-6,8,13,15-18H2,1H3,(H2,24,25,26). The number of pyridine rings is 1. The molecule has 3 rings (SSSR count). The van der Waals surface area contributed by atoms with Crippen LogP contribution in [-0.4, -0.2) is 47.5 Å². The lowest BCUT2D eigenvalue weighted by Crippen LogP contribution is -2.39. The van der Waals surface area contributed by atoms with E-state index in [-0.39, 0.29) is 11.5 Å². The largest absolute Gasteiger partial charge is 0.357 e. The third-order valence-corrected chi connectivity index (χ3v) is 5.11. The number of amides is 1. The van der Waals surface area contributed by atoms with Gasteiger partial charge >= 0.3 is 0 Å². The van der Waals surface area contributed by atoms with Gasteiger partial charge in [0.05, 0.1) is 13.1 Å². The Morgan fingerprint density at radius 1 is 1.07 bits per heavy atom. The minimum atomic E-state index is 0.00151. The highest BCUT2D eigenvalue weighted by molar-refractivity contribution is 5.79. The first-order valence-corrected chi connectivity index (χ1v) is 10.7. The molecule has 0 saturated carbocycles. The lowest BCUT2D eigenvalue weighted by atomic mass is 10.1. The zero-order valence-electron chi connectivity index (χ0n) is 17.6. The summed E-state index contributed by atoms with van der Waals surface area (Å²) < 4.78 is 1.69. The molecule has 0 spiro atoms. The molecule has 1 saturated heterocycles. The first-order valence-electron chi connectivity index (χ1n) is 10.7. The summed E-state index contributed by atoms with van der Waals surface area (Å²) in [4.78, 5) is 30.1. The Morgan fingerprint density at radius 2 is 1.87 bits per heavy atom. The van der Waals surface area contributed by atoms with E-state index in [1.807, 2.05) is 30.0 Å². The van der Waals surface area contributed by atoms with Crippen LogP contribution in [0.1, 0.15) is 37.3 Å². The zero-order valence-corrected chi connectivity index (χ0v) is 17.6. The maximum atomic E-state index is 11.8. The van der Waals surface area contributed by atoms with Crippen LogP contribution in [0.4, 0.5) is 0 Å². The summed E-state index contributed by atoms with van der Waals surface area (Å²) in [5, 5.41) is 6.60. The Kier molecular flexibility index (Phi) is 8.06. The van der Waals surface area contributed by atoms with Gasteiger partial charge in [-0.05, 0) is 37.0 Å². The van der Waals surface area contributed by atoms with Gasteiger partial charge < -0.3 is 20.1 Å². The molecule has 0 atom stereocenters. The smallest absolute Gasteiger partial charge is 0.250 e. The lowest BCUT2D eigenvalue weighted by Gasteiger charge is -2.16. The number of hydrogen-bond donors (Lipinski definition) is 2. The van der Waals surface area contributed by atoms with Crippen molar-refractivity contribution in [1.29, 1.82) is 0 Å². The average molecular weight is 410 g/mol. The van der Waals surface area contributed by atoms with Crippen molar-refractivity contribution in [2.45, 2.75) is 39.3 Å². The van der Waals surface area contributed by atoms with E-state index in [1.165, 1.54) is 0 Å². The molecular weight excluding hydrogens is 378 g/mol. The molecule has 2 heterocycles. The van der Waals surface area contributed by atoms with Crippen molar-refractivity contribution in [3.8, 4) is 0 Å². The van der Waals surface area contributed by atoms with Crippen molar-refractivity contribution < 1.29 is 4.79 Å². The third kappa shape index (κ3) is 6.47. The fourth-order valence-electron chi connectivity index (χ4n) is 3.47. The summed E-state index contributed by atoms with van der Waals surface area (Å²) in [7, 11) is 0. The van der Waals surface area contributed by atoms with E-state index in [9.17, 15) is 9.59 Å². The van der Waals surface area contributed by atoms with Crippen LogP contribution in [0.3, 0.4) is 0 Å². The minimum absolute atomic E-state index is 0.00151. The highest BCUT2D eigenvalue weighted by Crippen LogP contribution is 2.09. The van der Waals surface area contributed by atoms with Gasteiger partial charge in [0.25, 0.3) is 5.56 Å². The molecule has 0 radical (unpaired) electrons. The Labute approximate surface area is 177 Å². The van der Waals surface area contributed by atoms with Gasteiger partial charge in [0.15, 0.2) is 5.96 Å². The van der Waals surface area contributed by atoms with Crippen LogP contribution in [0.25, 0.3) is 0 Å². The molecule has 1 aliphatic heterocycles. The number of nitrogens with zero attached hydrogens (tertiary/aromatic N) is 3. The van der Waals surface area contributed by atoms with Crippen LogP contribution in [0.5, 0.6) is 0 Å². The number of rotatable bonds is 9. The van der Waals surface area contributed by atoms with Crippen LogP contribution in [0.2, 0.25) is 0 Å². The number of hydrogen-bond acceptors (Lipinski definition) is 3. The Hall–Kier alpha value is -3.09. The molecule has 0 aliphatic carbocycles. The molecule has 1 aromatic heterocycles. The molecule has 2 N–H and O–H groups in total. The van der Waals surface area contributed by atoms with Crippen molar-refractivity contribution in [2.24, 2.45) is 4.99 Å². The predicted molar refractivity (Wildman–Crippen MR) is 119 cm³/mol. The van der Waals surface area contributed by atoms with Gasteiger partial charge in [0, 0.05) is 44.9 Å². The highest BCUT2D eigenvalue weighted by Gasteiger charge is 2.18. The molecule has 30 heavy (non-hydrogen) atoms. The number of benzene rings is 1. The van der Waals surface area contributed by atoms with Crippen molar-refractivity contribution in [3.63, 3.8) is 0 Å². The molecule has 0 bridgehead atoms. The van der Waals surface area contributed by atoms with Crippen LogP contribution >= 0.6 is 0 Å². The van der Waals surface area contributed by atoms with E-state index in [1.54, 1.807) is 22.9 Å². The maximum Gasteiger partial charge on any atom is 0.250 e. The van der Waals surface area contributed by atoms with Crippen molar-refractivity contribution in [1.82, 2.24) is 20.1 Å². The number of carbonyl (C=O) groups is 1. The Bertz CT molecular complexity index is 904. The molecule has 1 aromatic carbocycles. The second-order valence-corrected chi connectivity index (χ2v) is 7.44. The fraction of sp³-hybridized carbons (Fsp3) is 0.435. The van der Waals surface area contributed by atoms with Gasteiger partial charge in [-0.25, -0.2) is 4.99 Å². The van der Waals surface area contributed by atoms with E-state index in [2.05, 4.69) is 27.8 Å². The fourth-order valence-corrected chi connectivity index (χ4v) is 3.47. The van der Waals surface area contributed by atoms with Gasteiger partial charge in [-0.3, -0.25) is 9.59 Å². The highest BCUT2D eigenvalue weighted by atomic mass is 16.2. The summed E-state index contributed by atoms with van der Waals surface area (Å²) in [6.45, 7) is 6.44. The van der Waals surface area contributed by atoms with Crippen molar-refractivity contribution in [3.05, 3.63) is 70.1 Å². The molecule has 1 amide bonds. The van der Waals surface area contributed by atoms with Gasteiger partial charge in [0.1, 0.15) is 0 Å². The average Bonchev–Trinajstić information content (AvgIpc) is 3.16. The third-order valence-electron chi connectivity index (χ3n) is 5.11. The molecule has 160 valence electrons. The van der Waals surface area contributed by atoms with E-state index >= 15 is 0 Å². The summed E-state index contributed by atoms with van der Waals surface area (Å²) >= 11 is 0. The second-order valence-electron chi connectivity index (χ2n) is 7.44. The number of nitrogens with one attached hydrogen (secondary N) is 2. The van der Waals surface area contributed by atoms with Gasteiger partial charge in [-0.1, -0.05) is 30.3 Å². The van der Waals surface area contributed by atoms with E-state index in [0.29, 0.717) is 19.5 Å². The lowest BCUT2D eigenvalue weighted by molar-refractivity contribution is -0.127. The number of guanidine groups is 1. The molecular formula is C23H31N5O2. The van der Waals surface area contributed by atoms with Crippen LogP contribution in [0, 0.1) is 0 Å². The Morgan fingerprint density at radius 3 is 2.57 bits per heavy atom. The first kappa shape index (κ1) is 21.6. The summed E-state index contributed by atoms with van der Waals surface area (Å²) in [5.41, 5.74) is 2.19. The van der Waals surface area contributed by atoms with Crippen LogP contribution in [-0.2, 0) is 17.9 Å². The molecule has 7 heteroatoms. The van der Waals surface area contributed by atoms with E-state index in [4.69, 9.17) is 0 Å². The van der Waals surface area contributed by atoms with E-state index in [0.717, 1.165) is 56.1 Å². The van der Waals surface area contributed by atoms with Crippen LogP contribution < -0.4 is 16.2 Å². The molecule has 7 nitrogen and oxygen atoms in total. The SMILES string of the molecule is CCNC(=NCc1ccc(Cn2ccccc2=O)cc1)NCCCN1CCCC1=O. The molecule has 1 fully saturated rings. The monoisotopic (exact) mass is 409 g/mol. The quantitative estimate of drug-likeness (QED) is 0.377. The summed E-state index contributed by atoms with van der Waals surface area (Å²) in [6, 6.07) is 13.4. The van der Waals surface area contributed by atoms with Gasteiger partial charge in [-0.15, -0.1) is 0 Å². The molecule has 0 unspecified atom stereocenters. The number of likely N-dealkylation sites (tertiary alicyclic amines) is 1. The van der Waals surface area contributed by atoms with E-state index < -0.39 is 0 Å². The Balaban J connectivity index is 1.48. The first-order chi connectivity index (χ1) is 14.7. The number of aromatic nitrogens is 1. The topological polar surface area (TPSA) is 78.7 Å².